The molecule has 0 spiro atoms. The summed E-state index contributed by atoms with van der Waals surface area (Å²) in [6.07, 6.45) is 2.31. The quantitative estimate of drug-likeness (QED) is 0.840. The molecule has 1 N–H and O–H groups in total. The number of amides is 1. The summed E-state index contributed by atoms with van der Waals surface area (Å²) in [5.74, 6) is 0.290. The van der Waals surface area contributed by atoms with E-state index < -0.39 is 0 Å². The number of anilines is 1. The summed E-state index contributed by atoms with van der Waals surface area (Å²) in [4.78, 5) is 12.1. The van der Waals surface area contributed by atoms with Crippen LogP contribution in [-0.4, -0.2) is 12.5 Å². The largest absolute Gasteiger partial charge is 0.491 e. The summed E-state index contributed by atoms with van der Waals surface area (Å²) in [6, 6.07) is 6.68. The molecule has 1 aromatic heterocycles. The topological polar surface area (TPSA) is 51.5 Å². The minimum Gasteiger partial charge on any atom is -0.491 e. The second kappa shape index (κ2) is 6.81. The monoisotopic (exact) mass is 357 g/mol. The summed E-state index contributed by atoms with van der Waals surface area (Å²) < 4.78 is 11.0. The van der Waals surface area contributed by atoms with E-state index in [0.717, 1.165) is 6.42 Å². The van der Waals surface area contributed by atoms with Gasteiger partial charge in [-0.2, -0.15) is 0 Å². The molecular formula is C14H13BrClNO3. The molecule has 0 bridgehead atoms. The number of ether oxygens (including phenoxy) is 1. The highest BCUT2D eigenvalue weighted by atomic mass is 79.9. The molecule has 0 saturated carbocycles. The van der Waals surface area contributed by atoms with Crippen LogP contribution in [0.4, 0.5) is 5.69 Å². The smallest absolute Gasteiger partial charge is 0.260 e. The molecule has 20 heavy (non-hydrogen) atoms. The first-order valence-corrected chi connectivity index (χ1v) is 7.25. The molecule has 0 unspecified atom stereocenters. The molecule has 4 nitrogen and oxygen atoms in total. The lowest BCUT2D eigenvalue weighted by Gasteiger charge is -2.12. The van der Waals surface area contributed by atoms with Gasteiger partial charge in [-0.15, -0.1) is 0 Å². The van der Waals surface area contributed by atoms with Gasteiger partial charge in [-0.25, -0.2) is 0 Å². The van der Waals surface area contributed by atoms with Gasteiger partial charge in [0.1, 0.15) is 5.75 Å². The van der Waals surface area contributed by atoms with Gasteiger partial charge in [0.2, 0.25) is 0 Å². The SMILES string of the molecule is CCCOc1ccc(Cl)cc1NC(=O)c1ccoc1Br. The second-order valence-corrected chi connectivity index (χ2v) is 5.21. The van der Waals surface area contributed by atoms with Gasteiger partial charge >= 0.3 is 0 Å². The number of halogens is 2. The van der Waals surface area contributed by atoms with Crippen molar-refractivity contribution in [3.05, 3.63) is 45.8 Å². The lowest BCUT2D eigenvalue weighted by molar-refractivity contribution is 0.102. The van der Waals surface area contributed by atoms with Gasteiger partial charge in [0, 0.05) is 5.02 Å². The maximum Gasteiger partial charge on any atom is 0.260 e. The highest BCUT2D eigenvalue weighted by molar-refractivity contribution is 9.10. The summed E-state index contributed by atoms with van der Waals surface area (Å²) in [5.41, 5.74) is 0.940. The standard InChI is InChI=1S/C14H13BrClNO3/c1-2-6-19-12-4-3-9(16)8-11(12)17-14(18)10-5-7-20-13(10)15/h3-5,7-8H,2,6H2,1H3,(H,17,18). The van der Waals surface area contributed by atoms with E-state index in [4.69, 9.17) is 20.8 Å². The fraction of sp³-hybridized carbons (Fsp3) is 0.214. The second-order valence-electron chi connectivity index (χ2n) is 4.05. The zero-order valence-corrected chi connectivity index (χ0v) is 13.1. The molecule has 1 aromatic carbocycles. The molecule has 0 saturated heterocycles. The zero-order chi connectivity index (χ0) is 14.5. The Labute approximate surface area is 130 Å². The average Bonchev–Trinajstić information content (AvgIpc) is 2.84. The van der Waals surface area contributed by atoms with E-state index in [1.807, 2.05) is 6.92 Å². The number of carbonyl (C=O) groups excluding carboxylic acids is 1. The van der Waals surface area contributed by atoms with Crippen molar-refractivity contribution in [3.63, 3.8) is 0 Å². The van der Waals surface area contributed by atoms with Gasteiger partial charge in [0.05, 0.1) is 24.1 Å². The molecule has 1 amide bonds. The average molecular weight is 359 g/mol. The van der Waals surface area contributed by atoms with Gasteiger partial charge in [-0.3, -0.25) is 4.79 Å². The maximum atomic E-state index is 12.1. The van der Waals surface area contributed by atoms with Crippen molar-refractivity contribution in [3.8, 4) is 5.75 Å². The zero-order valence-electron chi connectivity index (χ0n) is 10.8. The summed E-state index contributed by atoms with van der Waals surface area (Å²) in [6.45, 7) is 2.58. The molecule has 0 fully saturated rings. The maximum absolute atomic E-state index is 12.1. The lowest BCUT2D eigenvalue weighted by Crippen LogP contribution is -2.12. The third-order valence-electron chi connectivity index (χ3n) is 2.51. The van der Waals surface area contributed by atoms with Gasteiger partial charge in [0.25, 0.3) is 5.91 Å². The first-order valence-electron chi connectivity index (χ1n) is 6.08. The molecule has 0 aliphatic carbocycles. The van der Waals surface area contributed by atoms with Crippen molar-refractivity contribution in [2.45, 2.75) is 13.3 Å². The van der Waals surface area contributed by atoms with Crippen molar-refractivity contribution in [2.24, 2.45) is 0 Å². The molecule has 0 radical (unpaired) electrons. The van der Waals surface area contributed by atoms with E-state index in [9.17, 15) is 4.79 Å². The summed E-state index contributed by atoms with van der Waals surface area (Å²) in [5, 5.41) is 3.29. The molecule has 1 heterocycles. The first-order chi connectivity index (χ1) is 9.61. The Morgan fingerprint density at radius 1 is 1.45 bits per heavy atom. The number of hydrogen-bond acceptors (Lipinski definition) is 3. The molecule has 106 valence electrons. The Balaban J connectivity index is 2.21. The fourth-order valence-corrected chi connectivity index (χ4v) is 2.18. The number of hydrogen-bond donors (Lipinski definition) is 1. The lowest BCUT2D eigenvalue weighted by atomic mass is 10.2. The van der Waals surface area contributed by atoms with Crippen molar-refractivity contribution in [1.82, 2.24) is 0 Å². The Morgan fingerprint density at radius 3 is 2.90 bits per heavy atom. The minimum atomic E-state index is -0.297. The van der Waals surface area contributed by atoms with Crippen molar-refractivity contribution in [1.29, 1.82) is 0 Å². The van der Waals surface area contributed by atoms with Crippen molar-refractivity contribution in [2.75, 3.05) is 11.9 Å². The number of furan rings is 1. The predicted octanol–water partition coefficient (Wildman–Crippen LogP) is 4.74. The molecular weight excluding hydrogens is 346 g/mol. The predicted molar refractivity (Wildman–Crippen MR) is 81.6 cm³/mol. The van der Waals surface area contributed by atoms with Crippen LogP contribution >= 0.6 is 27.5 Å². The van der Waals surface area contributed by atoms with Crippen LogP contribution in [0.25, 0.3) is 0 Å². The van der Waals surface area contributed by atoms with Crippen LogP contribution in [-0.2, 0) is 0 Å². The molecule has 2 aromatic rings. The van der Waals surface area contributed by atoms with Crippen LogP contribution in [0.1, 0.15) is 23.7 Å². The molecule has 2 rings (SSSR count). The third kappa shape index (κ3) is 3.55. The van der Waals surface area contributed by atoms with Gasteiger partial charge in [0.15, 0.2) is 4.67 Å². The normalized spacial score (nSPS) is 10.3. The van der Waals surface area contributed by atoms with Crippen molar-refractivity contribution >= 4 is 39.1 Å². The van der Waals surface area contributed by atoms with Gasteiger partial charge in [-0.05, 0) is 46.6 Å². The number of benzene rings is 1. The van der Waals surface area contributed by atoms with Crippen LogP contribution in [0, 0.1) is 0 Å². The number of rotatable bonds is 5. The number of carbonyl (C=O) groups is 1. The highest BCUT2D eigenvalue weighted by Gasteiger charge is 2.15. The minimum absolute atomic E-state index is 0.297. The van der Waals surface area contributed by atoms with E-state index in [1.165, 1.54) is 6.26 Å². The van der Waals surface area contributed by atoms with Gasteiger partial charge < -0.3 is 14.5 Å². The van der Waals surface area contributed by atoms with Crippen molar-refractivity contribution < 1.29 is 13.9 Å². The van der Waals surface area contributed by atoms with Crippen LogP contribution in [0.2, 0.25) is 5.02 Å². The first kappa shape index (κ1) is 14.9. The Hall–Kier alpha value is -1.46. The van der Waals surface area contributed by atoms with Gasteiger partial charge in [-0.1, -0.05) is 18.5 Å². The number of nitrogens with one attached hydrogen (secondary N) is 1. The third-order valence-corrected chi connectivity index (χ3v) is 3.36. The molecule has 6 heteroatoms. The molecule has 0 aliphatic heterocycles. The Morgan fingerprint density at radius 2 is 2.25 bits per heavy atom. The summed E-state index contributed by atoms with van der Waals surface area (Å²) >= 11 is 9.13. The van der Waals surface area contributed by atoms with Crippen LogP contribution in [0.15, 0.2) is 39.6 Å². The van der Waals surface area contributed by atoms with Crippen LogP contribution in [0.3, 0.4) is 0 Å². The van der Waals surface area contributed by atoms with E-state index in [1.54, 1.807) is 24.3 Å². The molecule has 0 aliphatic rings. The Kier molecular flexibility index (Phi) is 5.09. The van der Waals surface area contributed by atoms with E-state index >= 15 is 0 Å². The Bertz CT molecular complexity index is 612. The fourth-order valence-electron chi connectivity index (χ4n) is 1.58. The van der Waals surface area contributed by atoms with Crippen LogP contribution < -0.4 is 10.1 Å². The van der Waals surface area contributed by atoms with E-state index in [-0.39, 0.29) is 5.91 Å². The van der Waals surface area contributed by atoms with E-state index in [0.29, 0.717) is 33.3 Å². The summed E-state index contributed by atoms with van der Waals surface area (Å²) in [7, 11) is 0. The van der Waals surface area contributed by atoms with E-state index in [2.05, 4.69) is 21.2 Å². The molecule has 0 atom stereocenters. The van der Waals surface area contributed by atoms with Crippen LogP contribution in [0.5, 0.6) is 5.75 Å². The highest BCUT2D eigenvalue weighted by Crippen LogP contribution is 2.29.